The monoisotopic (exact) mass is 128 g/mol. The van der Waals surface area contributed by atoms with Gasteiger partial charge in [0.05, 0.1) is 6.10 Å². The van der Waals surface area contributed by atoms with Crippen molar-refractivity contribution in [3.8, 4) is 0 Å². The van der Waals surface area contributed by atoms with E-state index in [1.54, 1.807) is 0 Å². The minimum atomic E-state index is -0.0741. The smallest absolute Gasteiger partial charge is 0.0540 e. The SMILES string of the molecule is CC(O)[C@@H]1CC[C@H](C)C1. The van der Waals surface area contributed by atoms with E-state index in [2.05, 4.69) is 6.92 Å². The maximum atomic E-state index is 9.17. The Kier molecular flexibility index (Phi) is 2.12. The molecule has 54 valence electrons. The molecule has 0 aromatic heterocycles. The highest BCUT2D eigenvalue weighted by Gasteiger charge is 2.24. The van der Waals surface area contributed by atoms with E-state index in [9.17, 15) is 0 Å². The van der Waals surface area contributed by atoms with Gasteiger partial charge in [0.15, 0.2) is 0 Å². The summed E-state index contributed by atoms with van der Waals surface area (Å²) >= 11 is 0. The molecule has 1 rings (SSSR count). The molecule has 0 aromatic carbocycles. The maximum Gasteiger partial charge on any atom is 0.0540 e. The summed E-state index contributed by atoms with van der Waals surface area (Å²) in [4.78, 5) is 0. The van der Waals surface area contributed by atoms with Crippen molar-refractivity contribution in [3.05, 3.63) is 0 Å². The minimum absolute atomic E-state index is 0.0741. The average Bonchev–Trinajstić information content (AvgIpc) is 2.14. The molecule has 0 bridgehead atoms. The third-order valence-corrected chi connectivity index (χ3v) is 2.42. The highest BCUT2D eigenvalue weighted by molar-refractivity contribution is 4.75. The molecule has 0 aromatic rings. The Bertz CT molecular complexity index is 88.6. The van der Waals surface area contributed by atoms with Crippen LogP contribution < -0.4 is 0 Å². The van der Waals surface area contributed by atoms with E-state index in [1.165, 1.54) is 19.3 Å². The van der Waals surface area contributed by atoms with Crippen molar-refractivity contribution in [2.45, 2.75) is 39.2 Å². The van der Waals surface area contributed by atoms with E-state index in [0.29, 0.717) is 5.92 Å². The lowest BCUT2D eigenvalue weighted by Crippen LogP contribution is -2.12. The number of rotatable bonds is 1. The third kappa shape index (κ3) is 1.68. The van der Waals surface area contributed by atoms with Crippen molar-refractivity contribution in [3.63, 3.8) is 0 Å². The van der Waals surface area contributed by atoms with Crippen molar-refractivity contribution in [1.29, 1.82) is 0 Å². The van der Waals surface area contributed by atoms with Gasteiger partial charge in [-0.25, -0.2) is 0 Å². The van der Waals surface area contributed by atoms with Crippen LogP contribution >= 0.6 is 0 Å². The normalized spacial score (nSPS) is 39.0. The Balaban J connectivity index is 2.30. The van der Waals surface area contributed by atoms with Gasteiger partial charge in [-0.3, -0.25) is 0 Å². The number of aliphatic hydroxyl groups is 1. The first-order chi connectivity index (χ1) is 4.20. The van der Waals surface area contributed by atoms with E-state index in [4.69, 9.17) is 5.11 Å². The Morgan fingerprint density at radius 3 is 2.33 bits per heavy atom. The van der Waals surface area contributed by atoms with Crippen molar-refractivity contribution in [2.24, 2.45) is 11.8 Å². The fourth-order valence-corrected chi connectivity index (χ4v) is 1.69. The Hall–Kier alpha value is -0.0400. The standard InChI is InChI=1S/C8H16O/c1-6-3-4-8(5-6)7(2)9/h6-9H,3-5H2,1-2H3/t6-,7?,8+/m0/s1. The fourth-order valence-electron chi connectivity index (χ4n) is 1.69. The molecule has 1 fully saturated rings. The summed E-state index contributed by atoms with van der Waals surface area (Å²) in [7, 11) is 0. The van der Waals surface area contributed by atoms with Crippen LogP contribution in [0.1, 0.15) is 33.1 Å². The van der Waals surface area contributed by atoms with Gasteiger partial charge < -0.3 is 5.11 Å². The lowest BCUT2D eigenvalue weighted by molar-refractivity contribution is 0.127. The lowest BCUT2D eigenvalue weighted by atomic mass is 10.0. The van der Waals surface area contributed by atoms with Gasteiger partial charge in [0, 0.05) is 0 Å². The van der Waals surface area contributed by atoms with E-state index in [0.717, 1.165) is 5.92 Å². The first-order valence-corrected chi connectivity index (χ1v) is 3.88. The lowest BCUT2D eigenvalue weighted by Gasteiger charge is -2.11. The first-order valence-electron chi connectivity index (χ1n) is 3.88. The first kappa shape index (κ1) is 7.07. The van der Waals surface area contributed by atoms with Gasteiger partial charge in [-0.2, -0.15) is 0 Å². The Morgan fingerprint density at radius 2 is 2.11 bits per heavy atom. The summed E-state index contributed by atoms with van der Waals surface area (Å²) in [5, 5.41) is 9.17. The van der Waals surface area contributed by atoms with Crippen molar-refractivity contribution in [2.75, 3.05) is 0 Å². The van der Waals surface area contributed by atoms with Gasteiger partial charge in [0.1, 0.15) is 0 Å². The highest BCUT2D eigenvalue weighted by atomic mass is 16.3. The van der Waals surface area contributed by atoms with Gasteiger partial charge in [0.25, 0.3) is 0 Å². The van der Waals surface area contributed by atoms with Crippen molar-refractivity contribution in [1.82, 2.24) is 0 Å². The maximum absolute atomic E-state index is 9.17. The molecular formula is C8H16O. The summed E-state index contributed by atoms with van der Waals surface area (Å²) in [6.45, 7) is 4.17. The van der Waals surface area contributed by atoms with Gasteiger partial charge in [-0.1, -0.05) is 13.3 Å². The molecule has 1 aliphatic carbocycles. The van der Waals surface area contributed by atoms with Crippen LogP contribution in [0.2, 0.25) is 0 Å². The molecule has 0 radical (unpaired) electrons. The predicted molar refractivity (Wildman–Crippen MR) is 38.2 cm³/mol. The fraction of sp³-hybridized carbons (Fsp3) is 1.00. The van der Waals surface area contributed by atoms with Crippen LogP contribution in [0, 0.1) is 11.8 Å². The zero-order valence-corrected chi connectivity index (χ0v) is 6.30. The molecule has 0 aliphatic heterocycles. The van der Waals surface area contributed by atoms with Crippen LogP contribution in [0.5, 0.6) is 0 Å². The van der Waals surface area contributed by atoms with Crippen molar-refractivity contribution < 1.29 is 5.11 Å². The van der Waals surface area contributed by atoms with Gasteiger partial charge in [0.2, 0.25) is 0 Å². The summed E-state index contributed by atoms with van der Waals surface area (Å²) in [6.07, 6.45) is 3.71. The van der Waals surface area contributed by atoms with E-state index in [-0.39, 0.29) is 6.10 Å². The summed E-state index contributed by atoms with van der Waals surface area (Å²) in [5.41, 5.74) is 0. The molecule has 0 amide bonds. The quantitative estimate of drug-likeness (QED) is 0.571. The molecule has 0 spiro atoms. The zero-order chi connectivity index (χ0) is 6.85. The molecular weight excluding hydrogens is 112 g/mol. The molecule has 1 saturated carbocycles. The van der Waals surface area contributed by atoms with Crippen molar-refractivity contribution >= 4 is 0 Å². The predicted octanol–water partition coefficient (Wildman–Crippen LogP) is 1.80. The Morgan fingerprint density at radius 1 is 1.44 bits per heavy atom. The molecule has 9 heavy (non-hydrogen) atoms. The molecule has 0 saturated heterocycles. The molecule has 1 nitrogen and oxygen atoms in total. The molecule has 0 heterocycles. The second-order valence-corrected chi connectivity index (χ2v) is 3.42. The van der Waals surface area contributed by atoms with Gasteiger partial charge in [-0.15, -0.1) is 0 Å². The van der Waals surface area contributed by atoms with Crippen LogP contribution in [0.25, 0.3) is 0 Å². The summed E-state index contributed by atoms with van der Waals surface area (Å²) < 4.78 is 0. The highest BCUT2D eigenvalue weighted by Crippen LogP contribution is 2.32. The largest absolute Gasteiger partial charge is 0.393 e. The number of hydrogen-bond donors (Lipinski definition) is 1. The summed E-state index contributed by atoms with van der Waals surface area (Å²) in [6, 6.07) is 0. The second kappa shape index (κ2) is 2.70. The summed E-state index contributed by atoms with van der Waals surface area (Å²) in [5.74, 6) is 1.45. The topological polar surface area (TPSA) is 20.2 Å². The average molecular weight is 128 g/mol. The molecule has 1 aliphatic rings. The molecule has 1 N–H and O–H groups in total. The van der Waals surface area contributed by atoms with Crippen LogP contribution in [-0.4, -0.2) is 11.2 Å². The van der Waals surface area contributed by atoms with E-state index < -0.39 is 0 Å². The Labute approximate surface area is 57.1 Å². The van der Waals surface area contributed by atoms with E-state index >= 15 is 0 Å². The molecule has 1 heteroatoms. The van der Waals surface area contributed by atoms with Gasteiger partial charge in [-0.05, 0) is 31.6 Å². The minimum Gasteiger partial charge on any atom is -0.393 e. The third-order valence-electron chi connectivity index (χ3n) is 2.42. The van der Waals surface area contributed by atoms with Crippen LogP contribution in [-0.2, 0) is 0 Å². The second-order valence-electron chi connectivity index (χ2n) is 3.42. The van der Waals surface area contributed by atoms with Crippen LogP contribution in [0.4, 0.5) is 0 Å². The number of aliphatic hydroxyl groups excluding tert-OH is 1. The molecule has 1 unspecified atom stereocenters. The van der Waals surface area contributed by atoms with Crippen LogP contribution in [0.15, 0.2) is 0 Å². The van der Waals surface area contributed by atoms with Crippen LogP contribution in [0.3, 0.4) is 0 Å². The van der Waals surface area contributed by atoms with E-state index in [1.807, 2.05) is 6.92 Å². The molecule has 3 atom stereocenters. The number of hydrogen-bond acceptors (Lipinski definition) is 1. The zero-order valence-electron chi connectivity index (χ0n) is 6.30. The van der Waals surface area contributed by atoms with Gasteiger partial charge >= 0.3 is 0 Å².